The normalized spacial score (nSPS) is 12.5. The predicted molar refractivity (Wildman–Crippen MR) is 64.5 cm³/mol. The molecular weight excluding hydrogens is 256 g/mol. The van der Waals surface area contributed by atoms with Crippen molar-refractivity contribution in [1.29, 1.82) is 0 Å². The molecule has 0 aliphatic carbocycles. The van der Waals surface area contributed by atoms with Gasteiger partial charge < -0.3 is 24.8 Å². The van der Waals surface area contributed by atoms with Crippen LogP contribution in [-0.4, -0.2) is 45.9 Å². The SMILES string of the molecule is C=C(C)C(=O)OC(CCO)C(O)(O)OC(=O)C(=C)C. The maximum atomic E-state index is 11.3. The van der Waals surface area contributed by atoms with Crippen LogP contribution in [0.5, 0.6) is 0 Å². The van der Waals surface area contributed by atoms with Crippen LogP contribution < -0.4 is 0 Å². The lowest BCUT2D eigenvalue weighted by molar-refractivity contribution is -0.358. The van der Waals surface area contributed by atoms with Crippen LogP contribution >= 0.6 is 0 Å². The molecule has 19 heavy (non-hydrogen) atoms. The summed E-state index contributed by atoms with van der Waals surface area (Å²) in [7, 11) is 0. The first kappa shape index (κ1) is 17.3. The lowest BCUT2D eigenvalue weighted by Gasteiger charge is -2.29. The average molecular weight is 274 g/mol. The largest absolute Gasteiger partial charge is 0.449 e. The van der Waals surface area contributed by atoms with Crippen molar-refractivity contribution in [3.05, 3.63) is 24.3 Å². The second-order valence-electron chi connectivity index (χ2n) is 4.02. The zero-order valence-corrected chi connectivity index (χ0v) is 10.9. The van der Waals surface area contributed by atoms with E-state index in [0.29, 0.717) is 0 Å². The van der Waals surface area contributed by atoms with Gasteiger partial charge in [0.1, 0.15) is 0 Å². The first-order chi connectivity index (χ1) is 8.61. The van der Waals surface area contributed by atoms with Crippen molar-refractivity contribution in [2.45, 2.75) is 32.3 Å². The number of rotatable bonds is 7. The van der Waals surface area contributed by atoms with Crippen LogP contribution in [0.2, 0.25) is 0 Å². The van der Waals surface area contributed by atoms with Gasteiger partial charge in [-0.2, -0.15) is 0 Å². The molecule has 7 heteroatoms. The molecule has 0 rings (SSSR count). The molecule has 1 atom stereocenters. The van der Waals surface area contributed by atoms with E-state index in [2.05, 4.69) is 17.9 Å². The number of aliphatic hydroxyl groups is 3. The summed E-state index contributed by atoms with van der Waals surface area (Å²) in [6.45, 7) is 8.73. The summed E-state index contributed by atoms with van der Waals surface area (Å²) in [6.07, 6.45) is -1.99. The summed E-state index contributed by atoms with van der Waals surface area (Å²) in [6, 6.07) is 0. The van der Waals surface area contributed by atoms with Crippen molar-refractivity contribution >= 4 is 11.9 Å². The van der Waals surface area contributed by atoms with Gasteiger partial charge in [-0.3, -0.25) is 0 Å². The van der Waals surface area contributed by atoms with Gasteiger partial charge >= 0.3 is 17.9 Å². The molecule has 0 aliphatic rings. The minimum atomic E-state index is -3.07. The zero-order chi connectivity index (χ0) is 15.2. The quantitative estimate of drug-likeness (QED) is 0.329. The molecule has 1 unspecified atom stereocenters. The average Bonchev–Trinajstić information content (AvgIpc) is 2.27. The van der Waals surface area contributed by atoms with Crippen LogP contribution in [-0.2, 0) is 19.1 Å². The summed E-state index contributed by atoms with van der Waals surface area (Å²) in [5.41, 5.74) is -0.0496. The van der Waals surface area contributed by atoms with Crippen molar-refractivity contribution in [2.24, 2.45) is 0 Å². The number of carbonyl (C=O) groups excluding carboxylic acids is 2. The Kier molecular flexibility index (Phi) is 6.40. The van der Waals surface area contributed by atoms with E-state index >= 15 is 0 Å². The van der Waals surface area contributed by atoms with Gasteiger partial charge in [0.05, 0.1) is 0 Å². The Hall–Kier alpha value is -1.70. The molecule has 0 amide bonds. The van der Waals surface area contributed by atoms with Crippen LogP contribution in [0.15, 0.2) is 24.3 Å². The molecule has 0 saturated carbocycles. The number of hydrogen-bond donors (Lipinski definition) is 3. The van der Waals surface area contributed by atoms with Gasteiger partial charge in [0, 0.05) is 24.2 Å². The highest BCUT2D eigenvalue weighted by Crippen LogP contribution is 2.18. The monoisotopic (exact) mass is 274 g/mol. The molecule has 0 spiro atoms. The summed E-state index contributed by atoms with van der Waals surface area (Å²) in [5, 5.41) is 28.0. The van der Waals surface area contributed by atoms with Gasteiger partial charge in [-0.25, -0.2) is 9.59 Å². The van der Waals surface area contributed by atoms with Crippen LogP contribution in [0, 0.1) is 0 Å². The van der Waals surface area contributed by atoms with Gasteiger partial charge in [-0.1, -0.05) is 13.2 Å². The molecule has 3 N–H and O–H groups in total. The third-order valence-electron chi connectivity index (χ3n) is 2.00. The van der Waals surface area contributed by atoms with E-state index in [4.69, 9.17) is 9.84 Å². The van der Waals surface area contributed by atoms with Crippen LogP contribution in [0.3, 0.4) is 0 Å². The molecule has 108 valence electrons. The van der Waals surface area contributed by atoms with E-state index in [1.165, 1.54) is 13.8 Å². The number of esters is 2. The minimum absolute atomic E-state index is 0.0185. The van der Waals surface area contributed by atoms with Gasteiger partial charge in [-0.05, 0) is 13.8 Å². The Morgan fingerprint density at radius 1 is 1.16 bits per heavy atom. The molecule has 0 radical (unpaired) electrons. The second-order valence-corrected chi connectivity index (χ2v) is 4.02. The molecule has 0 aliphatic heterocycles. The Morgan fingerprint density at radius 3 is 2.00 bits per heavy atom. The maximum Gasteiger partial charge on any atom is 0.363 e. The van der Waals surface area contributed by atoms with Crippen molar-refractivity contribution in [2.75, 3.05) is 6.61 Å². The lowest BCUT2D eigenvalue weighted by atomic mass is 10.2. The fraction of sp³-hybridized carbons (Fsp3) is 0.500. The molecule has 0 fully saturated rings. The summed E-state index contributed by atoms with van der Waals surface area (Å²) >= 11 is 0. The van der Waals surface area contributed by atoms with Crippen LogP contribution in [0.4, 0.5) is 0 Å². The molecular formula is C12H18O7. The van der Waals surface area contributed by atoms with E-state index in [9.17, 15) is 19.8 Å². The number of aliphatic hydroxyl groups excluding tert-OH is 1. The van der Waals surface area contributed by atoms with Gasteiger partial charge in [0.25, 0.3) is 0 Å². The van der Waals surface area contributed by atoms with E-state index in [-0.39, 0.29) is 17.6 Å². The van der Waals surface area contributed by atoms with E-state index in [1.54, 1.807) is 0 Å². The van der Waals surface area contributed by atoms with Crippen molar-refractivity contribution in [3.8, 4) is 0 Å². The van der Waals surface area contributed by atoms with Gasteiger partial charge in [0.2, 0.25) is 0 Å². The Labute approximate surface area is 110 Å². The van der Waals surface area contributed by atoms with Crippen molar-refractivity contribution in [3.63, 3.8) is 0 Å². The maximum absolute atomic E-state index is 11.3. The number of ether oxygens (including phenoxy) is 2. The molecule has 7 nitrogen and oxygen atoms in total. The molecule has 0 saturated heterocycles. The minimum Gasteiger partial charge on any atom is -0.449 e. The zero-order valence-electron chi connectivity index (χ0n) is 10.9. The van der Waals surface area contributed by atoms with Crippen LogP contribution in [0.25, 0.3) is 0 Å². The highest BCUT2D eigenvalue weighted by atomic mass is 16.8. The number of hydrogen-bond acceptors (Lipinski definition) is 7. The third kappa shape index (κ3) is 5.64. The molecule has 0 aromatic rings. The highest BCUT2D eigenvalue weighted by molar-refractivity contribution is 5.88. The van der Waals surface area contributed by atoms with Crippen molar-refractivity contribution < 1.29 is 34.4 Å². The predicted octanol–water partition coefficient (Wildman–Crippen LogP) is -0.386. The Bertz CT molecular complexity index is 384. The number of carbonyl (C=O) groups is 2. The van der Waals surface area contributed by atoms with Gasteiger partial charge in [0.15, 0.2) is 6.10 Å². The Balaban J connectivity index is 4.93. The highest BCUT2D eigenvalue weighted by Gasteiger charge is 2.42. The Morgan fingerprint density at radius 2 is 1.63 bits per heavy atom. The van der Waals surface area contributed by atoms with Crippen molar-refractivity contribution in [1.82, 2.24) is 0 Å². The van der Waals surface area contributed by atoms with Gasteiger partial charge in [-0.15, -0.1) is 0 Å². The fourth-order valence-corrected chi connectivity index (χ4v) is 0.960. The van der Waals surface area contributed by atoms with E-state index < -0.39 is 30.6 Å². The second kappa shape index (κ2) is 7.03. The lowest BCUT2D eigenvalue weighted by Crippen LogP contribution is -2.49. The smallest absolute Gasteiger partial charge is 0.363 e. The molecule has 0 aromatic heterocycles. The molecule has 0 bridgehead atoms. The van der Waals surface area contributed by atoms with Crippen LogP contribution in [0.1, 0.15) is 20.3 Å². The summed E-state index contributed by atoms with van der Waals surface area (Å²) in [4.78, 5) is 22.5. The first-order valence-corrected chi connectivity index (χ1v) is 5.42. The molecule has 0 heterocycles. The first-order valence-electron chi connectivity index (χ1n) is 5.42. The fourth-order valence-electron chi connectivity index (χ4n) is 0.960. The topological polar surface area (TPSA) is 113 Å². The molecule has 0 aromatic carbocycles. The van der Waals surface area contributed by atoms with E-state index in [1.807, 2.05) is 0 Å². The summed E-state index contributed by atoms with van der Waals surface area (Å²) in [5.74, 6) is -5.04. The third-order valence-corrected chi connectivity index (χ3v) is 2.00. The van der Waals surface area contributed by atoms with E-state index in [0.717, 1.165) is 0 Å². The summed E-state index contributed by atoms with van der Waals surface area (Å²) < 4.78 is 9.04. The standard InChI is InChI=1S/C12H18O7/c1-7(2)10(14)18-9(5-6-13)12(16,17)19-11(15)8(3)4/h9,13,16-17H,1,3,5-6H2,2,4H3.